The van der Waals surface area contributed by atoms with E-state index >= 15 is 0 Å². The number of fused-ring (bicyclic) bond motifs is 1. The van der Waals surface area contributed by atoms with E-state index in [9.17, 15) is 4.79 Å². The number of benzene rings is 3. The quantitative estimate of drug-likeness (QED) is 0.304. The number of hydrogen-bond acceptors (Lipinski definition) is 4. The van der Waals surface area contributed by atoms with Crippen LogP contribution in [0.2, 0.25) is 10.0 Å². The predicted octanol–water partition coefficient (Wildman–Crippen LogP) is 7.05. The number of hydrogen-bond donors (Lipinski definition) is 2. The average Bonchev–Trinajstić information content (AvgIpc) is 3.17. The molecule has 0 aliphatic rings. The zero-order valence-electron chi connectivity index (χ0n) is 17.3. The van der Waals surface area contributed by atoms with Gasteiger partial charge in [-0.25, -0.2) is 4.98 Å². The van der Waals surface area contributed by atoms with Crippen molar-refractivity contribution in [2.24, 2.45) is 0 Å². The molecule has 0 atom stereocenters. The third kappa shape index (κ3) is 4.93. The monoisotopic (exact) mass is 483 g/mol. The molecule has 0 saturated carbocycles. The van der Waals surface area contributed by atoms with Crippen molar-refractivity contribution in [1.82, 2.24) is 10.3 Å². The number of anilines is 1. The average molecular weight is 484 g/mol. The molecule has 4 aromatic rings. The van der Waals surface area contributed by atoms with Gasteiger partial charge in [0.15, 0.2) is 10.7 Å². The molecule has 32 heavy (non-hydrogen) atoms. The zero-order valence-corrected chi connectivity index (χ0v) is 19.6. The van der Waals surface area contributed by atoms with Gasteiger partial charge in [0.05, 0.1) is 10.6 Å². The summed E-state index contributed by atoms with van der Waals surface area (Å²) in [6.07, 6.45) is 0. The molecule has 0 saturated heterocycles. The molecule has 0 aliphatic carbocycles. The van der Waals surface area contributed by atoms with E-state index in [0.717, 1.165) is 16.7 Å². The van der Waals surface area contributed by atoms with Gasteiger partial charge in [-0.2, -0.15) is 0 Å². The first kappa shape index (κ1) is 22.3. The molecule has 3 aromatic carbocycles. The first-order valence-corrected chi connectivity index (χ1v) is 11.0. The molecule has 4 rings (SSSR count). The molecule has 1 heterocycles. The Morgan fingerprint density at radius 2 is 1.78 bits per heavy atom. The van der Waals surface area contributed by atoms with Crippen molar-refractivity contribution in [1.29, 1.82) is 0 Å². The second-order valence-electron chi connectivity index (χ2n) is 7.51. The SMILES string of the molecule is CC(C)c1ccc2oc(-c3ccc(NC(=S)NC(=O)c4ccc(Cl)cc4Cl)cc3)nc2c1. The normalized spacial score (nSPS) is 11.0. The van der Waals surface area contributed by atoms with Crippen LogP contribution in [-0.2, 0) is 0 Å². The number of carbonyl (C=O) groups is 1. The summed E-state index contributed by atoms with van der Waals surface area (Å²) in [6.45, 7) is 4.29. The number of halogens is 2. The van der Waals surface area contributed by atoms with Crippen molar-refractivity contribution in [2.45, 2.75) is 19.8 Å². The van der Waals surface area contributed by atoms with Crippen LogP contribution in [0.25, 0.3) is 22.6 Å². The van der Waals surface area contributed by atoms with Gasteiger partial charge in [-0.1, -0.05) is 43.1 Å². The Hall–Kier alpha value is -2.93. The van der Waals surface area contributed by atoms with Crippen LogP contribution in [0.4, 0.5) is 5.69 Å². The van der Waals surface area contributed by atoms with E-state index in [-0.39, 0.29) is 15.7 Å². The molecule has 1 aromatic heterocycles. The maximum absolute atomic E-state index is 12.4. The number of nitrogens with one attached hydrogen (secondary N) is 2. The van der Waals surface area contributed by atoms with Crippen LogP contribution < -0.4 is 10.6 Å². The summed E-state index contributed by atoms with van der Waals surface area (Å²) in [5.74, 6) is 0.540. The number of thiocarbonyl (C=S) groups is 1. The highest BCUT2D eigenvalue weighted by molar-refractivity contribution is 7.80. The van der Waals surface area contributed by atoms with Crippen LogP contribution in [0, 0.1) is 0 Å². The highest BCUT2D eigenvalue weighted by atomic mass is 35.5. The fraction of sp³-hybridized carbons (Fsp3) is 0.125. The topological polar surface area (TPSA) is 67.2 Å². The van der Waals surface area contributed by atoms with Crippen molar-refractivity contribution in [2.75, 3.05) is 5.32 Å². The van der Waals surface area contributed by atoms with Crippen LogP contribution >= 0.6 is 35.4 Å². The molecule has 2 N–H and O–H groups in total. The first-order valence-electron chi connectivity index (χ1n) is 9.88. The van der Waals surface area contributed by atoms with Gasteiger partial charge in [0.25, 0.3) is 5.91 Å². The van der Waals surface area contributed by atoms with E-state index in [4.69, 9.17) is 39.8 Å². The molecule has 0 fully saturated rings. The molecule has 8 heteroatoms. The maximum atomic E-state index is 12.4. The predicted molar refractivity (Wildman–Crippen MR) is 134 cm³/mol. The van der Waals surface area contributed by atoms with Gasteiger partial charge in [-0.05, 0) is 78.3 Å². The minimum Gasteiger partial charge on any atom is -0.436 e. The lowest BCUT2D eigenvalue weighted by atomic mass is 10.0. The molecule has 1 amide bonds. The van der Waals surface area contributed by atoms with E-state index in [0.29, 0.717) is 22.5 Å². The first-order chi connectivity index (χ1) is 15.3. The van der Waals surface area contributed by atoms with E-state index in [1.54, 1.807) is 12.1 Å². The molecule has 0 radical (unpaired) electrons. The fourth-order valence-corrected chi connectivity index (χ4v) is 3.83. The van der Waals surface area contributed by atoms with Gasteiger partial charge in [0.1, 0.15) is 5.52 Å². The summed E-state index contributed by atoms with van der Waals surface area (Å²) in [4.78, 5) is 17.0. The Morgan fingerprint density at radius 3 is 2.47 bits per heavy atom. The van der Waals surface area contributed by atoms with Crippen molar-refractivity contribution in [3.63, 3.8) is 0 Å². The number of carbonyl (C=O) groups excluding carboxylic acids is 1. The van der Waals surface area contributed by atoms with E-state index in [1.807, 2.05) is 30.3 Å². The summed E-state index contributed by atoms with van der Waals surface area (Å²) in [5.41, 5.74) is 4.62. The van der Waals surface area contributed by atoms with E-state index < -0.39 is 5.91 Å². The van der Waals surface area contributed by atoms with Crippen LogP contribution in [0.1, 0.15) is 35.7 Å². The fourth-order valence-electron chi connectivity index (χ4n) is 3.13. The summed E-state index contributed by atoms with van der Waals surface area (Å²) in [7, 11) is 0. The second kappa shape index (κ2) is 9.28. The van der Waals surface area contributed by atoms with Gasteiger partial charge >= 0.3 is 0 Å². The van der Waals surface area contributed by atoms with Crippen molar-refractivity contribution < 1.29 is 9.21 Å². The Bertz CT molecular complexity index is 1320. The Balaban J connectivity index is 1.44. The molecule has 0 bridgehead atoms. The Morgan fingerprint density at radius 1 is 1.03 bits per heavy atom. The molecular formula is C24H19Cl2N3O2S. The smallest absolute Gasteiger partial charge is 0.258 e. The Labute approximate surface area is 200 Å². The molecular weight excluding hydrogens is 465 g/mol. The minimum atomic E-state index is -0.423. The van der Waals surface area contributed by atoms with E-state index in [2.05, 4.69) is 41.6 Å². The highest BCUT2D eigenvalue weighted by Gasteiger charge is 2.13. The van der Waals surface area contributed by atoms with E-state index in [1.165, 1.54) is 11.6 Å². The van der Waals surface area contributed by atoms with Gasteiger partial charge in [-0.15, -0.1) is 0 Å². The number of rotatable bonds is 4. The van der Waals surface area contributed by atoms with Gasteiger partial charge in [-0.3, -0.25) is 10.1 Å². The van der Waals surface area contributed by atoms with Crippen LogP contribution in [0.3, 0.4) is 0 Å². The van der Waals surface area contributed by atoms with Crippen molar-refractivity contribution in [3.05, 3.63) is 81.8 Å². The lowest BCUT2D eigenvalue weighted by Crippen LogP contribution is -2.34. The number of amides is 1. The molecule has 0 aliphatic heterocycles. The zero-order chi connectivity index (χ0) is 22.8. The van der Waals surface area contributed by atoms with Gasteiger partial charge in [0, 0.05) is 16.3 Å². The molecule has 0 spiro atoms. The maximum Gasteiger partial charge on any atom is 0.258 e. The largest absolute Gasteiger partial charge is 0.436 e. The third-order valence-electron chi connectivity index (χ3n) is 4.87. The van der Waals surface area contributed by atoms with Gasteiger partial charge < -0.3 is 9.73 Å². The van der Waals surface area contributed by atoms with Crippen LogP contribution in [0.5, 0.6) is 0 Å². The summed E-state index contributed by atoms with van der Waals surface area (Å²) in [6, 6.07) is 18.1. The summed E-state index contributed by atoms with van der Waals surface area (Å²) >= 11 is 17.2. The second-order valence-corrected chi connectivity index (χ2v) is 8.76. The van der Waals surface area contributed by atoms with Crippen molar-refractivity contribution >= 4 is 63.2 Å². The highest BCUT2D eigenvalue weighted by Crippen LogP contribution is 2.28. The summed E-state index contributed by atoms with van der Waals surface area (Å²) < 4.78 is 5.89. The van der Waals surface area contributed by atoms with Crippen LogP contribution in [0.15, 0.2) is 65.1 Å². The van der Waals surface area contributed by atoms with Crippen molar-refractivity contribution in [3.8, 4) is 11.5 Å². The Kier molecular flexibility index (Phi) is 6.46. The lowest BCUT2D eigenvalue weighted by Gasteiger charge is -2.10. The molecule has 0 unspecified atom stereocenters. The summed E-state index contributed by atoms with van der Waals surface area (Å²) in [5, 5.41) is 6.44. The minimum absolute atomic E-state index is 0.150. The number of oxazole rings is 1. The van der Waals surface area contributed by atoms with Gasteiger partial charge in [0.2, 0.25) is 5.89 Å². The van der Waals surface area contributed by atoms with Crippen LogP contribution in [-0.4, -0.2) is 16.0 Å². The molecule has 5 nitrogen and oxygen atoms in total. The lowest BCUT2D eigenvalue weighted by molar-refractivity contribution is 0.0978. The number of aromatic nitrogens is 1. The molecule has 162 valence electrons. The number of nitrogens with zero attached hydrogens (tertiary/aromatic N) is 1. The standard InChI is InChI=1S/C24H19Cl2N3O2S/c1-13(2)15-5-10-21-20(11-15)28-23(31-21)14-3-7-17(8-4-14)27-24(32)29-22(30)18-9-6-16(25)12-19(18)26/h3-13H,1-2H3,(H2,27,29,30,32). The third-order valence-corrected chi connectivity index (χ3v) is 5.62.